The van der Waals surface area contributed by atoms with Gasteiger partial charge < -0.3 is 10.5 Å². The lowest BCUT2D eigenvalue weighted by Crippen LogP contribution is -2.26. The summed E-state index contributed by atoms with van der Waals surface area (Å²) in [7, 11) is 0. The van der Waals surface area contributed by atoms with Gasteiger partial charge in [0.2, 0.25) is 0 Å². The van der Waals surface area contributed by atoms with Crippen LogP contribution in [0.1, 0.15) is 25.3 Å². The fraction of sp³-hybridized carbons (Fsp3) is 0.312. The van der Waals surface area contributed by atoms with Crippen LogP contribution in [0.25, 0.3) is 0 Å². The third-order valence-electron chi connectivity index (χ3n) is 3.62. The molecule has 1 aromatic carbocycles. The van der Waals surface area contributed by atoms with E-state index in [1.165, 1.54) is 0 Å². The fourth-order valence-electron chi connectivity index (χ4n) is 2.24. The number of ether oxygens (including phenoxy) is 1. The number of benzene rings is 1. The van der Waals surface area contributed by atoms with E-state index in [2.05, 4.69) is 0 Å². The van der Waals surface area contributed by atoms with Gasteiger partial charge in [0, 0.05) is 23.8 Å². The van der Waals surface area contributed by atoms with Crippen molar-refractivity contribution in [3.63, 3.8) is 0 Å². The minimum Gasteiger partial charge on any atom is -0.493 e. The Labute approximate surface area is 145 Å². The largest absolute Gasteiger partial charge is 0.493 e. The molecule has 9 heteroatoms. The Kier molecular flexibility index (Phi) is 5.76. The van der Waals surface area contributed by atoms with Gasteiger partial charge in [0.25, 0.3) is 5.92 Å². The number of nitrogen functional groups attached to an aromatic ring is 1. The highest BCUT2D eigenvalue weighted by Gasteiger charge is 2.33. The maximum atomic E-state index is 13.8. The number of hydrogen-bond acceptors (Lipinski definition) is 4. The van der Waals surface area contributed by atoms with Gasteiger partial charge in [-0.25, -0.2) is 8.78 Å². The molecule has 136 valence electrons. The van der Waals surface area contributed by atoms with Crippen LogP contribution in [0.2, 0.25) is 0 Å². The molecule has 1 aliphatic carbocycles. The first-order valence-electron chi connectivity index (χ1n) is 7.19. The summed E-state index contributed by atoms with van der Waals surface area (Å²) < 4.78 is 72.5. The van der Waals surface area contributed by atoms with E-state index in [0.717, 1.165) is 18.2 Å². The molecule has 0 spiro atoms. The summed E-state index contributed by atoms with van der Waals surface area (Å²) in [6.07, 6.45) is 1.31. The van der Waals surface area contributed by atoms with Crippen molar-refractivity contribution in [1.82, 2.24) is 0 Å². The second-order valence-electron chi connectivity index (χ2n) is 5.51. The molecule has 0 heterocycles. The van der Waals surface area contributed by atoms with Gasteiger partial charge in [0.05, 0.1) is 29.2 Å². The van der Waals surface area contributed by atoms with Gasteiger partial charge in [-0.1, -0.05) is 0 Å². The van der Waals surface area contributed by atoms with Gasteiger partial charge in [0.1, 0.15) is 18.1 Å². The predicted molar refractivity (Wildman–Crippen MR) is 86.9 cm³/mol. The van der Waals surface area contributed by atoms with Crippen molar-refractivity contribution in [2.45, 2.75) is 32.3 Å². The summed E-state index contributed by atoms with van der Waals surface area (Å²) in [6, 6.07) is 2.06. The molecule has 1 aliphatic rings. The average molecular weight is 378 g/mol. The lowest BCUT2D eigenvalue weighted by Gasteiger charge is -2.21. The van der Waals surface area contributed by atoms with Crippen LogP contribution < -0.4 is 5.73 Å². The Bertz CT molecular complexity index is 756. The van der Waals surface area contributed by atoms with Crippen LogP contribution in [0, 0.1) is 17.0 Å². The average Bonchev–Trinajstić information content (AvgIpc) is 2.56. The third kappa shape index (κ3) is 4.33. The molecule has 2 rings (SSSR count). The molecule has 1 aromatic rings. The van der Waals surface area contributed by atoms with Crippen LogP contribution in [-0.2, 0) is 11.3 Å². The standard InChI is InChI=1S/C16H15F5N2OS/c1-16(19,20)15(23)9-6-8(2-5-13(9)25-21)24-7-10-11(17)3-4-12(22)14(10)18/h3-4,6,23H,2,5,7,22H2,1H3. The van der Waals surface area contributed by atoms with Gasteiger partial charge in [-0.2, -0.15) is 12.7 Å². The summed E-state index contributed by atoms with van der Waals surface area (Å²) in [4.78, 5) is -0.0137. The van der Waals surface area contributed by atoms with E-state index in [0.29, 0.717) is 6.92 Å². The van der Waals surface area contributed by atoms with Crippen molar-refractivity contribution >= 4 is 23.5 Å². The molecule has 0 atom stereocenters. The molecule has 0 fully saturated rings. The first-order chi connectivity index (χ1) is 11.6. The highest BCUT2D eigenvalue weighted by Crippen LogP contribution is 2.36. The van der Waals surface area contributed by atoms with E-state index < -0.39 is 35.4 Å². The maximum Gasteiger partial charge on any atom is 0.286 e. The number of alkyl halides is 2. The Balaban J connectivity index is 2.24. The smallest absolute Gasteiger partial charge is 0.286 e. The Morgan fingerprint density at radius 1 is 1.32 bits per heavy atom. The number of hydrogen-bond donors (Lipinski definition) is 2. The van der Waals surface area contributed by atoms with E-state index in [4.69, 9.17) is 15.9 Å². The number of anilines is 1. The molecule has 0 aromatic heterocycles. The molecule has 0 unspecified atom stereocenters. The molecular weight excluding hydrogens is 363 g/mol. The number of nitrogens with two attached hydrogens (primary N) is 1. The van der Waals surface area contributed by atoms with E-state index in [1.807, 2.05) is 0 Å². The summed E-state index contributed by atoms with van der Waals surface area (Å²) >= 11 is -0.210. The van der Waals surface area contributed by atoms with Gasteiger partial charge in [0.15, 0.2) is 5.82 Å². The van der Waals surface area contributed by atoms with Crippen molar-refractivity contribution in [3.8, 4) is 0 Å². The molecule has 0 aliphatic heterocycles. The second-order valence-corrected chi connectivity index (χ2v) is 6.15. The Morgan fingerprint density at radius 3 is 2.60 bits per heavy atom. The molecule has 3 nitrogen and oxygen atoms in total. The zero-order valence-corrected chi connectivity index (χ0v) is 14.0. The van der Waals surface area contributed by atoms with Gasteiger partial charge in [-0.05, 0) is 24.6 Å². The topological polar surface area (TPSA) is 59.1 Å². The van der Waals surface area contributed by atoms with Crippen molar-refractivity contribution in [2.75, 3.05) is 5.73 Å². The lowest BCUT2D eigenvalue weighted by atomic mass is 9.98. The Hall–Kier alpha value is -2.03. The Morgan fingerprint density at radius 2 is 2.00 bits per heavy atom. The van der Waals surface area contributed by atoms with E-state index in [1.54, 1.807) is 0 Å². The van der Waals surface area contributed by atoms with Crippen LogP contribution >= 0.6 is 12.1 Å². The van der Waals surface area contributed by atoms with Gasteiger partial charge in [-0.15, -0.1) is 0 Å². The van der Waals surface area contributed by atoms with Crippen molar-refractivity contribution in [2.24, 2.45) is 0 Å². The molecule has 0 saturated carbocycles. The highest BCUT2D eigenvalue weighted by molar-refractivity contribution is 7.98. The maximum absolute atomic E-state index is 13.8. The third-order valence-corrected chi connectivity index (χ3v) is 4.23. The minimum atomic E-state index is -3.46. The second kappa shape index (κ2) is 7.47. The molecule has 25 heavy (non-hydrogen) atoms. The van der Waals surface area contributed by atoms with E-state index >= 15 is 0 Å². The van der Waals surface area contributed by atoms with Crippen molar-refractivity contribution < 1.29 is 26.2 Å². The molecular formula is C16H15F5N2OS. The first kappa shape index (κ1) is 19.3. The van der Waals surface area contributed by atoms with Crippen molar-refractivity contribution in [1.29, 1.82) is 5.41 Å². The monoisotopic (exact) mass is 378 g/mol. The predicted octanol–water partition coefficient (Wildman–Crippen LogP) is 5.29. The lowest BCUT2D eigenvalue weighted by molar-refractivity contribution is 0.100. The number of rotatable bonds is 6. The highest BCUT2D eigenvalue weighted by atomic mass is 32.2. The van der Waals surface area contributed by atoms with Crippen LogP contribution in [-0.4, -0.2) is 11.6 Å². The summed E-state index contributed by atoms with van der Waals surface area (Å²) in [5.41, 5.74) is 3.40. The zero-order chi connectivity index (χ0) is 18.8. The fourth-order valence-corrected chi connectivity index (χ4v) is 2.66. The van der Waals surface area contributed by atoms with Crippen molar-refractivity contribution in [3.05, 3.63) is 51.6 Å². The van der Waals surface area contributed by atoms with Crippen LogP contribution in [0.4, 0.5) is 27.1 Å². The molecule has 0 saturated heterocycles. The zero-order valence-electron chi connectivity index (χ0n) is 13.1. The van der Waals surface area contributed by atoms with Crippen LogP contribution in [0.15, 0.2) is 34.4 Å². The summed E-state index contributed by atoms with van der Waals surface area (Å²) in [6.45, 7) is 0.0269. The molecule has 0 radical (unpaired) electrons. The number of nitrogens with one attached hydrogen (secondary N) is 1. The van der Waals surface area contributed by atoms with Crippen LogP contribution in [0.5, 0.6) is 0 Å². The number of halogens is 5. The molecule has 3 N–H and O–H groups in total. The van der Waals surface area contributed by atoms with Gasteiger partial charge in [-0.3, -0.25) is 5.41 Å². The van der Waals surface area contributed by atoms with E-state index in [9.17, 15) is 21.4 Å². The molecule has 0 amide bonds. The summed E-state index contributed by atoms with van der Waals surface area (Å²) in [5.74, 6) is -5.14. The van der Waals surface area contributed by atoms with E-state index in [-0.39, 0.29) is 46.9 Å². The van der Waals surface area contributed by atoms with Crippen LogP contribution in [0.3, 0.4) is 0 Å². The SMILES string of the molecule is CC(F)(F)C(=N)C1=C(SF)CCC(OCc2c(F)ccc(N)c2F)=C1. The molecule has 0 bridgehead atoms. The normalized spacial score (nSPS) is 15.2. The number of allylic oxidation sites excluding steroid dienone is 4. The summed E-state index contributed by atoms with van der Waals surface area (Å²) in [5, 5.41) is 7.53. The first-order valence-corrected chi connectivity index (χ1v) is 7.91. The quantitative estimate of drug-likeness (QED) is 0.402. The minimum absolute atomic E-state index is 0.0137. The van der Waals surface area contributed by atoms with Gasteiger partial charge >= 0.3 is 0 Å².